The van der Waals surface area contributed by atoms with Crippen molar-refractivity contribution in [2.45, 2.75) is 231 Å². The summed E-state index contributed by atoms with van der Waals surface area (Å²) in [5, 5.41) is 8.92. The van der Waals surface area contributed by atoms with E-state index in [2.05, 4.69) is 79.1 Å². The van der Waals surface area contributed by atoms with Crippen LogP contribution in [0, 0.1) is 0 Å². The fourth-order valence-electron chi connectivity index (χ4n) is 6.86. The Morgan fingerprint density at radius 2 is 0.875 bits per heavy atom. The summed E-state index contributed by atoms with van der Waals surface area (Å²) >= 11 is 0. The van der Waals surface area contributed by atoms with Gasteiger partial charge in [-0.1, -0.05) is 209 Å². The van der Waals surface area contributed by atoms with Gasteiger partial charge in [-0.3, -0.25) is 23.4 Å². The van der Waals surface area contributed by atoms with Crippen LogP contribution in [0.1, 0.15) is 219 Å². The molecule has 64 heavy (non-hydrogen) atoms. The van der Waals surface area contributed by atoms with Gasteiger partial charge >= 0.3 is 25.7 Å². The van der Waals surface area contributed by atoms with Crippen LogP contribution in [0.3, 0.4) is 0 Å². The number of carbonyl (C=O) groups excluding carboxylic acids is 2. The predicted octanol–water partition coefficient (Wildman–Crippen LogP) is 14.3. The van der Waals surface area contributed by atoms with Crippen LogP contribution in [0.5, 0.6) is 0 Å². The van der Waals surface area contributed by atoms with Gasteiger partial charge in [0.05, 0.1) is 13.2 Å². The number of aliphatic carboxylic acids is 1. The molecule has 12 heteroatoms. The number of hydrogen-bond acceptors (Lipinski definition) is 9. The summed E-state index contributed by atoms with van der Waals surface area (Å²) in [6.07, 6.45) is 55.7. The van der Waals surface area contributed by atoms with Gasteiger partial charge in [0.1, 0.15) is 12.6 Å². The van der Waals surface area contributed by atoms with Crippen molar-refractivity contribution in [2.24, 2.45) is 5.73 Å². The number of ether oxygens (including phenoxy) is 2. The summed E-state index contributed by atoms with van der Waals surface area (Å²) in [6.45, 7) is 2.69. The van der Waals surface area contributed by atoms with Gasteiger partial charge in [0, 0.05) is 12.8 Å². The van der Waals surface area contributed by atoms with Gasteiger partial charge in [-0.2, -0.15) is 0 Å². The van der Waals surface area contributed by atoms with Crippen LogP contribution >= 0.6 is 7.82 Å². The van der Waals surface area contributed by atoms with Gasteiger partial charge in [-0.15, -0.1) is 0 Å². The number of phosphoric ester groups is 1. The molecule has 3 atom stereocenters. The first-order valence-electron chi connectivity index (χ1n) is 25.3. The van der Waals surface area contributed by atoms with Crippen molar-refractivity contribution in [2.75, 3.05) is 19.8 Å². The van der Waals surface area contributed by atoms with Crippen molar-refractivity contribution in [1.82, 2.24) is 0 Å². The Labute approximate surface area is 389 Å². The zero-order chi connectivity index (χ0) is 47.0. The molecule has 0 aromatic rings. The lowest BCUT2D eigenvalue weighted by Crippen LogP contribution is -2.34. The minimum absolute atomic E-state index is 0.121. The van der Waals surface area contributed by atoms with E-state index in [0.29, 0.717) is 12.8 Å². The van der Waals surface area contributed by atoms with E-state index in [1.165, 1.54) is 109 Å². The van der Waals surface area contributed by atoms with Crippen molar-refractivity contribution >= 4 is 25.7 Å². The smallest absolute Gasteiger partial charge is 0.472 e. The van der Waals surface area contributed by atoms with Crippen LogP contribution in [0.15, 0.2) is 60.8 Å². The third-order valence-electron chi connectivity index (χ3n) is 10.8. The lowest BCUT2D eigenvalue weighted by Gasteiger charge is -2.20. The number of nitrogens with two attached hydrogens (primary N) is 1. The first-order chi connectivity index (χ1) is 31.1. The molecule has 0 rings (SSSR count). The molecule has 0 aliphatic heterocycles. The fraction of sp³-hybridized carbons (Fsp3) is 0.750. The van der Waals surface area contributed by atoms with Gasteiger partial charge in [0.25, 0.3) is 0 Å². The molecule has 0 spiro atoms. The van der Waals surface area contributed by atoms with Crippen LogP contribution in [-0.2, 0) is 37.5 Å². The van der Waals surface area contributed by atoms with Crippen molar-refractivity contribution in [3.8, 4) is 0 Å². The summed E-state index contributed by atoms with van der Waals surface area (Å²) < 4.78 is 32.8. The van der Waals surface area contributed by atoms with Crippen LogP contribution < -0.4 is 5.73 Å². The summed E-state index contributed by atoms with van der Waals surface area (Å²) in [5.41, 5.74) is 5.35. The summed E-state index contributed by atoms with van der Waals surface area (Å²) in [7, 11) is -4.73. The number of carboxylic acids is 1. The molecule has 0 fully saturated rings. The average Bonchev–Trinajstić information content (AvgIpc) is 3.27. The topological polar surface area (TPSA) is 172 Å². The number of carboxylic acid groups (broad SMARTS) is 1. The Kier molecular flexibility index (Phi) is 44.6. The van der Waals surface area contributed by atoms with Crippen molar-refractivity contribution in [3.63, 3.8) is 0 Å². The van der Waals surface area contributed by atoms with Gasteiger partial charge < -0.3 is 25.2 Å². The quantitative estimate of drug-likeness (QED) is 0.0230. The molecule has 3 unspecified atom stereocenters. The molecule has 0 saturated heterocycles. The summed E-state index contributed by atoms with van der Waals surface area (Å²) in [5.74, 6) is -2.41. The number of esters is 2. The predicted molar refractivity (Wildman–Crippen MR) is 263 cm³/mol. The lowest BCUT2D eigenvalue weighted by atomic mass is 10.0. The molecule has 4 N–H and O–H groups in total. The van der Waals surface area contributed by atoms with E-state index in [9.17, 15) is 23.8 Å². The number of carbonyl (C=O) groups is 3. The standard InChI is InChI=1S/C52H92NO10P/c1-3-5-7-9-11-13-15-17-19-21-23-24-26-27-29-31-33-35-37-39-41-43-50(54)60-45-48(46-61-64(58,59)62-47-49(53)52(56)57)63-51(55)44-42-40-38-36-34-32-30-28-25-22-20-18-16-14-12-10-8-6-4-2/h6,8,12,14,18,20,25,28,32,34,48-49H,3-5,7,9-11,13,15-17,19,21-24,26-27,29-31,33,35-47,53H2,1-2H3,(H,56,57)(H,58,59)/b8-6-,14-12-,20-18-,28-25-,34-32-. The first-order valence-corrected chi connectivity index (χ1v) is 26.8. The molecule has 0 radical (unpaired) electrons. The Morgan fingerprint density at radius 1 is 0.500 bits per heavy atom. The van der Waals surface area contributed by atoms with Crippen molar-refractivity contribution in [3.05, 3.63) is 60.8 Å². The highest BCUT2D eigenvalue weighted by molar-refractivity contribution is 7.47. The molecule has 0 aromatic carbocycles. The van der Waals surface area contributed by atoms with E-state index in [1.807, 2.05) is 0 Å². The van der Waals surface area contributed by atoms with Crippen molar-refractivity contribution in [1.29, 1.82) is 0 Å². The van der Waals surface area contributed by atoms with Gasteiger partial charge in [0.15, 0.2) is 6.10 Å². The maximum Gasteiger partial charge on any atom is 0.472 e. The van der Waals surface area contributed by atoms with Gasteiger partial charge in [-0.25, -0.2) is 4.57 Å². The maximum atomic E-state index is 12.7. The molecule has 0 saturated carbocycles. The molecular weight excluding hydrogens is 830 g/mol. The largest absolute Gasteiger partial charge is 0.480 e. The van der Waals surface area contributed by atoms with Gasteiger partial charge in [-0.05, 0) is 57.8 Å². The molecule has 0 aromatic heterocycles. The molecule has 370 valence electrons. The second kappa shape index (κ2) is 46.7. The lowest BCUT2D eigenvalue weighted by molar-refractivity contribution is -0.161. The molecule has 0 heterocycles. The number of unbranched alkanes of at least 4 members (excludes halogenated alkanes) is 23. The number of phosphoric acid groups is 1. The first kappa shape index (κ1) is 61.2. The highest BCUT2D eigenvalue weighted by Crippen LogP contribution is 2.43. The fourth-order valence-corrected chi connectivity index (χ4v) is 7.64. The molecular formula is C52H92NO10P. The minimum Gasteiger partial charge on any atom is -0.480 e. The second-order valence-electron chi connectivity index (χ2n) is 16.9. The van der Waals surface area contributed by atoms with E-state index in [4.69, 9.17) is 24.8 Å². The van der Waals surface area contributed by atoms with E-state index < -0.39 is 51.1 Å². The van der Waals surface area contributed by atoms with Crippen LogP contribution in [0.2, 0.25) is 0 Å². The van der Waals surface area contributed by atoms with E-state index in [0.717, 1.165) is 70.6 Å². The molecule has 0 amide bonds. The Bertz CT molecular complexity index is 1310. The molecule has 0 bridgehead atoms. The van der Waals surface area contributed by atoms with Crippen LogP contribution in [0.25, 0.3) is 0 Å². The van der Waals surface area contributed by atoms with E-state index in [1.54, 1.807) is 0 Å². The van der Waals surface area contributed by atoms with Gasteiger partial charge in [0.2, 0.25) is 0 Å². The Balaban J connectivity index is 4.29. The third-order valence-corrected chi connectivity index (χ3v) is 11.7. The highest BCUT2D eigenvalue weighted by Gasteiger charge is 2.28. The Hall–Kier alpha value is -2.82. The number of hydrogen-bond donors (Lipinski definition) is 3. The van der Waals surface area contributed by atoms with E-state index >= 15 is 0 Å². The molecule has 0 aliphatic carbocycles. The summed E-state index contributed by atoms with van der Waals surface area (Å²) in [4.78, 5) is 46.2. The van der Waals surface area contributed by atoms with Crippen LogP contribution in [0.4, 0.5) is 0 Å². The molecule has 0 aliphatic rings. The van der Waals surface area contributed by atoms with Crippen molar-refractivity contribution < 1.29 is 47.5 Å². The summed E-state index contributed by atoms with van der Waals surface area (Å²) in [6, 6.07) is -1.53. The third kappa shape index (κ3) is 45.7. The van der Waals surface area contributed by atoms with E-state index in [-0.39, 0.29) is 19.4 Å². The zero-order valence-corrected chi connectivity index (χ0v) is 41.3. The minimum atomic E-state index is -4.73. The SMILES string of the molecule is CC/C=C\C/C=C\C/C=C\C/C=C\C/C=C\CCCCCC(=O)OC(COC(=O)CCCCCCCCCCCCCCCCCCCCCCC)COP(=O)(O)OCC(N)C(=O)O. The van der Waals surface area contributed by atoms with Crippen LogP contribution in [-0.4, -0.2) is 59.9 Å². The average molecular weight is 922 g/mol. The maximum absolute atomic E-state index is 12.7. The number of allylic oxidation sites excluding steroid dienone is 10. The molecule has 11 nitrogen and oxygen atoms in total. The highest BCUT2D eigenvalue weighted by atomic mass is 31.2. The number of rotatable bonds is 47. The zero-order valence-electron chi connectivity index (χ0n) is 40.4. The second-order valence-corrected chi connectivity index (χ2v) is 18.4. The normalized spacial score (nSPS) is 14.1. The monoisotopic (exact) mass is 922 g/mol. The Morgan fingerprint density at radius 3 is 1.31 bits per heavy atom.